The van der Waals surface area contributed by atoms with Crippen LogP contribution in [0.4, 0.5) is 4.79 Å². The molecular formula is C17H34N2O4. The van der Waals surface area contributed by atoms with E-state index in [9.17, 15) is 4.79 Å². The maximum atomic E-state index is 11.8. The van der Waals surface area contributed by atoms with Gasteiger partial charge in [-0.1, -0.05) is 0 Å². The first-order valence-electron chi connectivity index (χ1n) is 8.70. The second-order valence-electron chi connectivity index (χ2n) is 7.11. The fourth-order valence-corrected chi connectivity index (χ4v) is 2.64. The fourth-order valence-electron chi connectivity index (χ4n) is 2.64. The van der Waals surface area contributed by atoms with Crippen LogP contribution in [0.15, 0.2) is 0 Å². The Labute approximate surface area is 140 Å². The van der Waals surface area contributed by atoms with Crippen molar-refractivity contribution in [3.63, 3.8) is 0 Å². The van der Waals surface area contributed by atoms with E-state index >= 15 is 0 Å². The molecule has 0 aromatic rings. The minimum atomic E-state index is -0.436. The average molecular weight is 330 g/mol. The second-order valence-corrected chi connectivity index (χ2v) is 7.11. The highest BCUT2D eigenvalue weighted by Crippen LogP contribution is 2.19. The van der Waals surface area contributed by atoms with Crippen molar-refractivity contribution in [1.29, 1.82) is 0 Å². The van der Waals surface area contributed by atoms with E-state index < -0.39 is 5.60 Å². The molecule has 1 fully saturated rings. The normalized spacial score (nSPS) is 21.9. The summed E-state index contributed by atoms with van der Waals surface area (Å²) in [7, 11) is 1.68. The summed E-state index contributed by atoms with van der Waals surface area (Å²) < 4.78 is 15.7. The average Bonchev–Trinajstić information content (AvgIpc) is 2.46. The molecule has 6 heteroatoms. The van der Waals surface area contributed by atoms with Crippen LogP contribution in [-0.4, -0.2) is 57.3 Å². The SMILES string of the molecule is COCCOCCCNC1CCC(NC(=O)OC(C)(C)C)CC1. The molecule has 0 radical (unpaired) electrons. The van der Waals surface area contributed by atoms with E-state index in [0.717, 1.165) is 45.3 Å². The first kappa shape index (κ1) is 20.2. The predicted octanol–water partition coefficient (Wildman–Crippen LogP) is 2.46. The minimum absolute atomic E-state index is 0.236. The molecule has 0 heterocycles. The fraction of sp³-hybridized carbons (Fsp3) is 0.941. The van der Waals surface area contributed by atoms with Gasteiger partial charge in [0.1, 0.15) is 5.60 Å². The Hall–Kier alpha value is -0.850. The lowest BCUT2D eigenvalue weighted by Gasteiger charge is -2.30. The Morgan fingerprint density at radius 1 is 1.04 bits per heavy atom. The number of ether oxygens (including phenoxy) is 3. The Morgan fingerprint density at radius 2 is 1.70 bits per heavy atom. The van der Waals surface area contributed by atoms with Crippen LogP contribution in [0.5, 0.6) is 0 Å². The van der Waals surface area contributed by atoms with Gasteiger partial charge in [0.2, 0.25) is 0 Å². The van der Waals surface area contributed by atoms with E-state index in [1.807, 2.05) is 20.8 Å². The zero-order valence-corrected chi connectivity index (χ0v) is 15.2. The van der Waals surface area contributed by atoms with E-state index in [-0.39, 0.29) is 12.1 Å². The summed E-state index contributed by atoms with van der Waals surface area (Å²) in [6, 6.07) is 0.783. The molecule has 1 saturated carbocycles. The van der Waals surface area contributed by atoms with Crippen LogP contribution in [0.3, 0.4) is 0 Å². The summed E-state index contributed by atoms with van der Waals surface area (Å²) >= 11 is 0. The minimum Gasteiger partial charge on any atom is -0.444 e. The smallest absolute Gasteiger partial charge is 0.407 e. The van der Waals surface area contributed by atoms with E-state index in [2.05, 4.69) is 10.6 Å². The van der Waals surface area contributed by atoms with Crippen molar-refractivity contribution in [1.82, 2.24) is 10.6 Å². The molecule has 136 valence electrons. The number of hydrogen-bond donors (Lipinski definition) is 2. The Balaban J connectivity index is 2.03. The van der Waals surface area contributed by atoms with Gasteiger partial charge in [-0.3, -0.25) is 0 Å². The summed E-state index contributed by atoms with van der Waals surface area (Å²) in [5.74, 6) is 0. The molecule has 1 aliphatic rings. The van der Waals surface area contributed by atoms with Gasteiger partial charge in [0.05, 0.1) is 13.2 Å². The van der Waals surface area contributed by atoms with Gasteiger partial charge < -0.3 is 24.8 Å². The molecule has 6 nitrogen and oxygen atoms in total. The highest BCUT2D eigenvalue weighted by molar-refractivity contribution is 5.68. The molecule has 0 saturated heterocycles. The van der Waals surface area contributed by atoms with Crippen molar-refractivity contribution in [3.05, 3.63) is 0 Å². The van der Waals surface area contributed by atoms with Crippen molar-refractivity contribution in [2.45, 2.75) is 70.6 Å². The monoisotopic (exact) mass is 330 g/mol. The quantitative estimate of drug-likeness (QED) is 0.636. The molecular weight excluding hydrogens is 296 g/mol. The molecule has 23 heavy (non-hydrogen) atoms. The summed E-state index contributed by atoms with van der Waals surface area (Å²) in [5, 5.41) is 6.54. The van der Waals surface area contributed by atoms with Crippen molar-refractivity contribution < 1.29 is 19.0 Å². The standard InChI is InChI=1S/C17H34N2O4/c1-17(2,3)23-16(20)19-15-8-6-14(7-9-15)18-10-5-11-22-13-12-21-4/h14-15,18H,5-13H2,1-4H3,(H,19,20). The molecule has 0 aliphatic heterocycles. The highest BCUT2D eigenvalue weighted by Gasteiger charge is 2.24. The molecule has 2 N–H and O–H groups in total. The third kappa shape index (κ3) is 10.5. The van der Waals surface area contributed by atoms with Crippen molar-refractivity contribution in [2.75, 3.05) is 33.5 Å². The lowest BCUT2D eigenvalue weighted by molar-refractivity contribution is 0.0489. The molecule has 1 amide bonds. The molecule has 0 aromatic heterocycles. The summed E-state index contributed by atoms with van der Waals surface area (Å²) in [6.45, 7) is 8.71. The number of amides is 1. The number of hydrogen-bond acceptors (Lipinski definition) is 5. The van der Waals surface area contributed by atoms with Crippen LogP contribution >= 0.6 is 0 Å². The van der Waals surface area contributed by atoms with Crippen molar-refractivity contribution in [3.8, 4) is 0 Å². The van der Waals surface area contributed by atoms with Gasteiger partial charge in [-0.15, -0.1) is 0 Å². The second kappa shape index (κ2) is 10.8. The molecule has 0 spiro atoms. The third-order valence-electron chi connectivity index (χ3n) is 3.78. The van der Waals surface area contributed by atoms with Gasteiger partial charge in [0, 0.05) is 25.8 Å². The van der Waals surface area contributed by atoms with Crippen LogP contribution < -0.4 is 10.6 Å². The third-order valence-corrected chi connectivity index (χ3v) is 3.78. The summed E-state index contributed by atoms with van der Waals surface area (Å²) in [5.41, 5.74) is -0.436. The first-order chi connectivity index (χ1) is 10.9. The van der Waals surface area contributed by atoms with Crippen LogP contribution in [0, 0.1) is 0 Å². The topological polar surface area (TPSA) is 68.8 Å². The van der Waals surface area contributed by atoms with Gasteiger partial charge in [0.25, 0.3) is 0 Å². The number of carbonyl (C=O) groups excluding carboxylic acids is 1. The molecule has 0 unspecified atom stereocenters. The van der Waals surface area contributed by atoms with Gasteiger partial charge in [0.15, 0.2) is 0 Å². The lowest BCUT2D eigenvalue weighted by Crippen LogP contribution is -2.44. The molecule has 1 rings (SSSR count). The lowest BCUT2D eigenvalue weighted by atomic mass is 9.91. The molecule has 0 atom stereocenters. The zero-order chi connectivity index (χ0) is 17.1. The highest BCUT2D eigenvalue weighted by atomic mass is 16.6. The number of methoxy groups -OCH3 is 1. The molecule has 1 aliphatic carbocycles. The largest absolute Gasteiger partial charge is 0.444 e. The Kier molecular flexibility index (Phi) is 9.52. The number of rotatable bonds is 9. The zero-order valence-electron chi connectivity index (χ0n) is 15.2. The van der Waals surface area contributed by atoms with E-state index in [1.165, 1.54) is 0 Å². The van der Waals surface area contributed by atoms with E-state index in [1.54, 1.807) is 7.11 Å². The van der Waals surface area contributed by atoms with E-state index in [4.69, 9.17) is 14.2 Å². The number of alkyl carbamates (subject to hydrolysis) is 1. The van der Waals surface area contributed by atoms with Crippen molar-refractivity contribution >= 4 is 6.09 Å². The summed E-state index contributed by atoms with van der Waals surface area (Å²) in [4.78, 5) is 11.8. The predicted molar refractivity (Wildman–Crippen MR) is 90.7 cm³/mol. The number of carbonyl (C=O) groups is 1. The van der Waals surface area contributed by atoms with Crippen LogP contribution in [0.2, 0.25) is 0 Å². The molecule has 0 aromatic carbocycles. The van der Waals surface area contributed by atoms with Crippen LogP contribution in [0.25, 0.3) is 0 Å². The Morgan fingerprint density at radius 3 is 2.30 bits per heavy atom. The van der Waals surface area contributed by atoms with E-state index in [0.29, 0.717) is 19.3 Å². The molecule has 0 bridgehead atoms. The maximum Gasteiger partial charge on any atom is 0.407 e. The summed E-state index contributed by atoms with van der Waals surface area (Å²) in [6.07, 6.45) is 4.89. The Bertz CT molecular complexity index is 323. The maximum absolute atomic E-state index is 11.8. The first-order valence-corrected chi connectivity index (χ1v) is 8.70. The van der Waals surface area contributed by atoms with Gasteiger partial charge in [-0.25, -0.2) is 4.79 Å². The number of nitrogens with one attached hydrogen (secondary N) is 2. The van der Waals surface area contributed by atoms with Gasteiger partial charge in [-0.05, 0) is 59.4 Å². The van der Waals surface area contributed by atoms with Crippen molar-refractivity contribution in [2.24, 2.45) is 0 Å². The van der Waals surface area contributed by atoms with Crippen LogP contribution in [-0.2, 0) is 14.2 Å². The van der Waals surface area contributed by atoms with Gasteiger partial charge >= 0.3 is 6.09 Å². The van der Waals surface area contributed by atoms with Gasteiger partial charge in [-0.2, -0.15) is 0 Å². The van der Waals surface area contributed by atoms with Crippen LogP contribution in [0.1, 0.15) is 52.9 Å².